The second kappa shape index (κ2) is 6.90. The third-order valence-corrected chi connectivity index (χ3v) is 8.78. The molecule has 1 aromatic carbocycles. The molecule has 160 valence electrons. The van der Waals surface area contributed by atoms with Crippen LogP contribution in [0.25, 0.3) is 22.1 Å². The number of hydrogen-bond acceptors (Lipinski definition) is 5. The summed E-state index contributed by atoms with van der Waals surface area (Å²) >= 11 is 0. The van der Waals surface area contributed by atoms with Gasteiger partial charge in [-0.2, -0.15) is 0 Å². The van der Waals surface area contributed by atoms with E-state index in [1.165, 1.54) is 29.7 Å². The number of hydrogen-bond donors (Lipinski definition) is 1. The number of pyridine rings is 1. The maximum atomic E-state index is 13.3. The van der Waals surface area contributed by atoms with E-state index in [4.69, 9.17) is 10.7 Å². The summed E-state index contributed by atoms with van der Waals surface area (Å²) in [6, 6.07) is 10.8. The Labute approximate surface area is 181 Å². The largest absolute Gasteiger partial charge is 0.330 e. The van der Waals surface area contributed by atoms with E-state index >= 15 is 0 Å². The molecule has 0 aliphatic heterocycles. The molecule has 4 aromatic rings. The molecule has 2 saturated carbocycles. The summed E-state index contributed by atoms with van der Waals surface area (Å²) in [5.74, 6) is 2.44. The highest BCUT2D eigenvalue weighted by atomic mass is 32.2. The van der Waals surface area contributed by atoms with Crippen molar-refractivity contribution in [2.24, 2.45) is 17.6 Å². The van der Waals surface area contributed by atoms with Crippen LogP contribution >= 0.6 is 0 Å². The van der Waals surface area contributed by atoms with Gasteiger partial charge in [0.1, 0.15) is 11.3 Å². The maximum Gasteiger partial charge on any atom is 0.269 e. The highest BCUT2D eigenvalue weighted by molar-refractivity contribution is 7.90. The molecule has 8 heteroatoms. The molecule has 0 saturated heterocycles. The first-order chi connectivity index (χ1) is 15.1. The van der Waals surface area contributed by atoms with Crippen molar-refractivity contribution in [3.8, 4) is 0 Å². The van der Waals surface area contributed by atoms with Crippen molar-refractivity contribution in [2.45, 2.75) is 43.0 Å². The molecule has 0 spiro atoms. The van der Waals surface area contributed by atoms with Crippen LogP contribution in [0.4, 0.5) is 0 Å². The summed E-state index contributed by atoms with van der Waals surface area (Å²) in [6.45, 7) is 0.532. The lowest BCUT2D eigenvalue weighted by molar-refractivity contribution is 0.329. The Balaban J connectivity index is 1.58. The molecular weight excluding hydrogens is 410 g/mol. The number of fused-ring (bicyclic) bond motifs is 5. The number of aromatic nitrogens is 4. The molecule has 3 atom stereocenters. The van der Waals surface area contributed by atoms with E-state index in [1.54, 1.807) is 42.7 Å². The van der Waals surface area contributed by atoms with E-state index in [9.17, 15) is 8.42 Å². The Morgan fingerprint density at radius 2 is 1.94 bits per heavy atom. The summed E-state index contributed by atoms with van der Waals surface area (Å²) in [6.07, 6.45) is 9.05. The number of nitrogens with two attached hydrogens (primary N) is 1. The van der Waals surface area contributed by atoms with Gasteiger partial charge in [-0.3, -0.25) is 0 Å². The van der Waals surface area contributed by atoms with Crippen molar-refractivity contribution in [3.05, 3.63) is 54.6 Å². The minimum atomic E-state index is -3.73. The van der Waals surface area contributed by atoms with Crippen molar-refractivity contribution in [1.29, 1.82) is 0 Å². The Bertz CT molecular complexity index is 1390. The molecule has 3 aromatic heterocycles. The fourth-order valence-electron chi connectivity index (χ4n) is 5.79. The average Bonchev–Trinajstić information content (AvgIpc) is 3.55. The van der Waals surface area contributed by atoms with Crippen LogP contribution in [-0.4, -0.2) is 33.5 Å². The number of benzene rings is 1. The summed E-state index contributed by atoms with van der Waals surface area (Å²) in [5, 5.41) is 0.829. The van der Waals surface area contributed by atoms with Crippen LogP contribution in [0.1, 0.15) is 37.5 Å². The van der Waals surface area contributed by atoms with Crippen LogP contribution in [-0.2, 0) is 16.4 Å². The van der Waals surface area contributed by atoms with E-state index in [2.05, 4.69) is 9.55 Å². The molecule has 2 fully saturated rings. The number of rotatable bonds is 5. The van der Waals surface area contributed by atoms with Gasteiger partial charge < -0.3 is 10.3 Å². The lowest BCUT2D eigenvalue weighted by Crippen LogP contribution is -2.20. The quantitative estimate of drug-likeness (QED) is 0.518. The van der Waals surface area contributed by atoms with Gasteiger partial charge in [0.15, 0.2) is 5.65 Å². The van der Waals surface area contributed by atoms with Crippen molar-refractivity contribution >= 4 is 32.1 Å². The van der Waals surface area contributed by atoms with Gasteiger partial charge in [0.05, 0.1) is 16.6 Å². The third kappa shape index (κ3) is 2.78. The van der Waals surface area contributed by atoms with Gasteiger partial charge >= 0.3 is 0 Å². The Morgan fingerprint density at radius 1 is 1.10 bits per heavy atom. The van der Waals surface area contributed by atoms with Crippen molar-refractivity contribution < 1.29 is 8.42 Å². The monoisotopic (exact) mass is 435 g/mol. The van der Waals surface area contributed by atoms with Crippen LogP contribution in [0.15, 0.2) is 53.7 Å². The molecule has 31 heavy (non-hydrogen) atoms. The normalized spacial score (nSPS) is 23.3. The molecule has 3 heterocycles. The Kier molecular flexibility index (Phi) is 4.23. The summed E-state index contributed by atoms with van der Waals surface area (Å²) < 4.78 is 30.2. The Hall–Kier alpha value is -2.71. The standard InChI is InChI=1S/C23H25N5O2S/c24-10-8-21-26-19-14-25-23-18(22(19)28(21)20-13-15-6-7-16(20)12-15)9-11-27(23)31(29,30)17-4-2-1-3-5-17/h1-5,9,11,14-16,20H,6-8,10,12-13,24H2. The zero-order valence-electron chi connectivity index (χ0n) is 17.2. The van der Waals surface area contributed by atoms with Crippen molar-refractivity contribution in [1.82, 2.24) is 18.5 Å². The van der Waals surface area contributed by atoms with E-state index in [1.807, 2.05) is 6.07 Å². The number of imidazole rings is 1. The minimum Gasteiger partial charge on any atom is -0.330 e. The predicted octanol–water partition coefficient (Wildman–Crippen LogP) is 3.49. The second-order valence-corrected chi connectivity index (χ2v) is 10.7. The van der Waals surface area contributed by atoms with E-state index in [-0.39, 0.29) is 4.90 Å². The van der Waals surface area contributed by atoms with E-state index < -0.39 is 10.0 Å². The molecule has 2 aliphatic carbocycles. The molecule has 0 amide bonds. The predicted molar refractivity (Wildman–Crippen MR) is 119 cm³/mol. The summed E-state index contributed by atoms with van der Waals surface area (Å²) in [4.78, 5) is 9.65. The van der Waals surface area contributed by atoms with Gasteiger partial charge in [-0.1, -0.05) is 24.6 Å². The average molecular weight is 436 g/mol. The van der Waals surface area contributed by atoms with Gasteiger partial charge in [-0.25, -0.2) is 22.4 Å². The van der Waals surface area contributed by atoms with Crippen molar-refractivity contribution in [3.63, 3.8) is 0 Å². The maximum absolute atomic E-state index is 13.3. The highest BCUT2D eigenvalue weighted by Gasteiger charge is 2.42. The van der Waals surface area contributed by atoms with Crippen LogP contribution in [0.5, 0.6) is 0 Å². The van der Waals surface area contributed by atoms with Gasteiger partial charge in [-0.05, 0) is 55.8 Å². The summed E-state index contributed by atoms with van der Waals surface area (Å²) in [7, 11) is -3.73. The van der Waals surface area contributed by atoms with Crippen LogP contribution in [0, 0.1) is 11.8 Å². The van der Waals surface area contributed by atoms with Crippen LogP contribution < -0.4 is 5.73 Å². The first-order valence-electron chi connectivity index (χ1n) is 11.0. The van der Waals surface area contributed by atoms with Crippen molar-refractivity contribution in [2.75, 3.05) is 6.54 Å². The zero-order valence-corrected chi connectivity index (χ0v) is 18.0. The minimum absolute atomic E-state index is 0.250. The topological polar surface area (TPSA) is 95.8 Å². The molecule has 6 rings (SSSR count). The van der Waals surface area contributed by atoms with Crippen LogP contribution in [0.2, 0.25) is 0 Å². The SMILES string of the molecule is NCCc1nc2cnc3c(ccn3S(=O)(=O)c3ccccc3)c2n1C1CC2CCC1C2. The van der Waals surface area contributed by atoms with Crippen LogP contribution in [0.3, 0.4) is 0 Å². The fraction of sp³-hybridized carbons (Fsp3) is 0.391. The zero-order chi connectivity index (χ0) is 21.2. The Morgan fingerprint density at radius 3 is 2.65 bits per heavy atom. The first-order valence-corrected chi connectivity index (χ1v) is 12.4. The molecule has 0 radical (unpaired) electrons. The molecule has 2 aliphatic rings. The molecular formula is C23H25N5O2S. The van der Waals surface area contributed by atoms with Gasteiger partial charge in [0.2, 0.25) is 0 Å². The number of nitrogens with zero attached hydrogens (tertiary/aromatic N) is 4. The second-order valence-electron chi connectivity index (χ2n) is 8.84. The highest BCUT2D eigenvalue weighted by Crippen LogP contribution is 2.52. The first kappa shape index (κ1) is 19.0. The molecule has 2 bridgehead atoms. The smallest absolute Gasteiger partial charge is 0.269 e. The molecule has 7 nitrogen and oxygen atoms in total. The molecule has 3 unspecified atom stereocenters. The lowest BCUT2D eigenvalue weighted by Gasteiger charge is -2.26. The lowest BCUT2D eigenvalue weighted by atomic mass is 9.94. The van der Waals surface area contributed by atoms with E-state index in [0.717, 1.165) is 28.2 Å². The fourth-order valence-corrected chi connectivity index (χ4v) is 7.11. The summed E-state index contributed by atoms with van der Waals surface area (Å²) in [5.41, 5.74) is 8.16. The molecule has 2 N–H and O–H groups in total. The van der Waals surface area contributed by atoms with Gasteiger partial charge in [-0.15, -0.1) is 0 Å². The third-order valence-electron chi connectivity index (χ3n) is 7.10. The van der Waals surface area contributed by atoms with E-state index in [0.29, 0.717) is 30.6 Å². The van der Waals surface area contributed by atoms with Gasteiger partial charge in [0, 0.05) is 24.0 Å². The van der Waals surface area contributed by atoms with Gasteiger partial charge in [0.25, 0.3) is 10.0 Å².